The van der Waals surface area contributed by atoms with E-state index in [1.165, 1.54) is 0 Å². The van der Waals surface area contributed by atoms with Crippen LogP contribution in [0, 0.1) is 0 Å². The molecule has 1 rings (SSSR count). The number of nitrogens with two attached hydrogens (primary N) is 1. The van der Waals surface area contributed by atoms with E-state index in [4.69, 9.17) is 10.5 Å². The summed E-state index contributed by atoms with van der Waals surface area (Å²) >= 11 is 0. The van der Waals surface area contributed by atoms with Gasteiger partial charge in [-0.15, -0.1) is 0 Å². The SMILES string of the molecule is CCC(NCCCN(CC)CC)C(=O)c1ccc(OC)c(N)c1. The summed E-state index contributed by atoms with van der Waals surface area (Å²) in [4.78, 5) is 15.0. The van der Waals surface area contributed by atoms with Crippen LogP contribution in [-0.4, -0.2) is 50.0 Å². The number of carbonyl (C=O) groups is 1. The van der Waals surface area contributed by atoms with Crippen LogP contribution in [0.15, 0.2) is 18.2 Å². The molecule has 0 saturated carbocycles. The van der Waals surface area contributed by atoms with Crippen molar-refractivity contribution in [2.75, 3.05) is 39.0 Å². The highest BCUT2D eigenvalue weighted by Crippen LogP contribution is 2.22. The molecule has 3 N–H and O–H groups in total. The van der Waals surface area contributed by atoms with E-state index in [2.05, 4.69) is 24.1 Å². The zero-order valence-corrected chi connectivity index (χ0v) is 14.9. The van der Waals surface area contributed by atoms with Crippen LogP contribution in [0.1, 0.15) is 44.0 Å². The summed E-state index contributed by atoms with van der Waals surface area (Å²) in [5.41, 5.74) is 7.02. The van der Waals surface area contributed by atoms with Gasteiger partial charge in [0.1, 0.15) is 5.75 Å². The van der Waals surface area contributed by atoms with E-state index in [0.717, 1.165) is 39.0 Å². The topological polar surface area (TPSA) is 67.6 Å². The molecule has 23 heavy (non-hydrogen) atoms. The van der Waals surface area contributed by atoms with Crippen LogP contribution in [0.4, 0.5) is 5.69 Å². The standard InChI is InChI=1S/C18H31N3O2/c1-5-16(20-11-8-12-21(6-2)7-3)18(22)14-9-10-17(23-4)15(19)13-14/h9-10,13,16,20H,5-8,11-12,19H2,1-4H3. The molecule has 1 aromatic rings. The predicted molar refractivity (Wildman–Crippen MR) is 96.2 cm³/mol. The number of Topliss-reactive ketones (excluding diaryl/α,β-unsaturated/α-hetero) is 1. The molecule has 5 nitrogen and oxygen atoms in total. The molecule has 0 heterocycles. The van der Waals surface area contributed by atoms with Crippen molar-refractivity contribution in [1.29, 1.82) is 0 Å². The number of nitrogen functional groups attached to an aromatic ring is 1. The Kier molecular flexibility index (Phi) is 8.66. The number of methoxy groups -OCH3 is 1. The third-order valence-corrected chi connectivity index (χ3v) is 4.18. The third-order valence-electron chi connectivity index (χ3n) is 4.18. The number of ketones is 1. The molecule has 0 amide bonds. The number of hydrogen-bond donors (Lipinski definition) is 2. The first-order valence-electron chi connectivity index (χ1n) is 8.50. The van der Waals surface area contributed by atoms with Crippen molar-refractivity contribution in [3.8, 4) is 5.75 Å². The minimum atomic E-state index is -0.167. The van der Waals surface area contributed by atoms with Crippen molar-refractivity contribution < 1.29 is 9.53 Å². The fourth-order valence-electron chi connectivity index (χ4n) is 2.63. The first kappa shape index (κ1) is 19.5. The van der Waals surface area contributed by atoms with Gasteiger partial charge >= 0.3 is 0 Å². The Morgan fingerprint density at radius 1 is 1.30 bits per heavy atom. The van der Waals surface area contributed by atoms with E-state index < -0.39 is 0 Å². The summed E-state index contributed by atoms with van der Waals surface area (Å²) in [6.07, 6.45) is 1.80. The first-order valence-corrected chi connectivity index (χ1v) is 8.50. The Morgan fingerprint density at radius 2 is 2.00 bits per heavy atom. The van der Waals surface area contributed by atoms with Gasteiger partial charge in [0.25, 0.3) is 0 Å². The second kappa shape index (κ2) is 10.2. The van der Waals surface area contributed by atoms with Crippen molar-refractivity contribution in [3.63, 3.8) is 0 Å². The van der Waals surface area contributed by atoms with E-state index in [1.807, 2.05) is 6.92 Å². The van der Waals surface area contributed by atoms with Gasteiger partial charge in [0.15, 0.2) is 5.78 Å². The van der Waals surface area contributed by atoms with E-state index >= 15 is 0 Å². The number of benzene rings is 1. The van der Waals surface area contributed by atoms with Crippen molar-refractivity contribution in [2.24, 2.45) is 0 Å². The fraction of sp³-hybridized carbons (Fsp3) is 0.611. The normalized spacial score (nSPS) is 12.4. The Balaban J connectivity index is 2.56. The zero-order chi connectivity index (χ0) is 17.2. The molecular formula is C18H31N3O2. The Labute approximate surface area is 140 Å². The number of hydrogen-bond acceptors (Lipinski definition) is 5. The molecule has 0 aliphatic rings. The molecule has 0 spiro atoms. The highest BCUT2D eigenvalue weighted by Gasteiger charge is 2.18. The highest BCUT2D eigenvalue weighted by molar-refractivity contribution is 6.01. The lowest BCUT2D eigenvalue weighted by Gasteiger charge is -2.20. The summed E-state index contributed by atoms with van der Waals surface area (Å²) in [5.74, 6) is 0.687. The summed E-state index contributed by atoms with van der Waals surface area (Å²) in [5, 5.41) is 3.37. The predicted octanol–water partition coefficient (Wildman–Crippen LogP) is 2.56. The zero-order valence-electron chi connectivity index (χ0n) is 14.9. The lowest BCUT2D eigenvalue weighted by molar-refractivity contribution is 0.0940. The van der Waals surface area contributed by atoms with Crippen LogP contribution in [0.5, 0.6) is 5.75 Å². The van der Waals surface area contributed by atoms with Gasteiger partial charge in [-0.1, -0.05) is 20.8 Å². The number of ether oxygens (including phenoxy) is 1. The van der Waals surface area contributed by atoms with Gasteiger partial charge in [-0.3, -0.25) is 4.79 Å². The van der Waals surface area contributed by atoms with Gasteiger partial charge in [-0.2, -0.15) is 0 Å². The Morgan fingerprint density at radius 3 is 2.52 bits per heavy atom. The lowest BCUT2D eigenvalue weighted by atomic mass is 10.0. The highest BCUT2D eigenvalue weighted by atomic mass is 16.5. The summed E-state index contributed by atoms with van der Waals surface area (Å²) in [6.45, 7) is 10.4. The minimum absolute atomic E-state index is 0.0877. The lowest BCUT2D eigenvalue weighted by Crippen LogP contribution is -2.38. The van der Waals surface area contributed by atoms with E-state index in [-0.39, 0.29) is 11.8 Å². The van der Waals surface area contributed by atoms with Crippen LogP contribution in [0.3, 0.4) is 0 Å². The Hall–Kier alpha value is -1.59. The van der Waals surface area contributed by atoms with E-state index in [0.29, 0.717) is 17.0 Å². The smallest absolute Gasteiger partial charge is 0.179 e. The summed E-state index contributed by atoms with van der Waals surface area (Å²) < 4.78 is 5.13. The molecule has 0 aliphatic heterocycles. The molecule has 0 aromatic heterocycles. The number of nitrogens with zero attached hydrogens (tertiary/aromatic N) is 1. The second-order valence-corrected chi connectivity index (χ2v) is 5.62. The second-order valence-electron chi connectivity index (χ2n) is 5.62. The van der Waals surface area contributed by atoms with Crippen LogP contribution < -0.4 is 15.8 Å². The number of anilines is 1. The van der Waals surface area contributed by atoms with Crippen molar-refractivity contribution in [2.45, 2.75) is 39.7 Å². The molecule has 0 saturated heterocycles. The number of rotatable bonds is 11. The van der Waals surface area contributed by atoms with Gasteiger partial charge < -0.3 is 20.7 Å². The van der Waals surface area contributed by atoms with Crippen molar-refractivity contribution in [3.05, 3.63) is 23.8 Å². The maximum atomic E-state index is 12.6. The third kappa shape index (κ3) is 5.84. The monoisotopic (exact) mass is 321 g/mol. The summed E-state index contributed by atoms with van der Waals surface area (Å²) in [6, 6.07) is 5.05. The first-order chi connectivity index (χ1) is 11.1. The van der Waals surface area contributed by atoms with Crippen LogP contribution in [0.25, 0.3) is 0 Å². The maximum absolute atomic E-state index is 12.6. The maximum Gasteiger partial charge on any atom is 0.179 e. The number of carbonyl (C=O) groups excluding carboxylic acids is 1. The van der Waals surface area contributed by atoms with Gasteiger partial charge in [0.05, 0.1) is 18.8 Å². The molecule has 0 bridgehead atoms. The molecule has 1 atom stereocenters. The van der Waals surface area contributed by atoms with Gasteiger partial charge in [-0.25, -0.2) is 0 Å². The van der Waals surface area contributed by atoms with Crippen LogP contribution in [0.2, 0.25) is 0 Å². The van der Waals surface area contributed by atoms with Gasteiger partial charge in [0.2, 0.25) is 0 Å². The van der Waals surface area contributed by atoms with Crippen molar-refractivity contribution >= 4 is 11.5 Å². The quantitative estimate of drug-likeness (QED) is 0.372. The summed E-state index contributed by atoms with van der Waals surface area (Å²) in [7, 11) is 1.57. The van der Waals surface area contributed by atoms with Crippen LogP contribution in [-0.2, 0) is 0 Å². The molecule has 0 fully saturated rings. The van der Waals surface area contributed by atoms with E-state index in [1.54, 1.807) is 25.3 Å². The van der Waals surface area contributed by atoms with Crippen LogP contribution >= 0.6 is 0 Å². The molecule has 0 radical (unpaired) electrons. The molecule has 0 aliphatic carbocycles. The van der Waals surface area contributed by atoms with Gasteiger partial charge in [-0.05, 0) is 57.2 Å². The Bertz CT molecular complexity index is 487. The fourth-order valence-corrected chi connectivity index (χ4v) is 2.63. The molecule has 1 aromatic carbocycles. The molecule has 5 heteroatoms. The molecular weight excluding hydrogens is 290 g/mol. The van der Waals surface area contributed by atoms with Crippen molar-refractivity contribution in [1.82, 2.24) is 10.2 Å². The van der Waals surface area contributed by atoms with Gasteiger partial charge in [0, 0.05) is 5.56 Å². The minimum Gasteiger partial charge on any atom is -0.495 e. The largest absolute Gasteiger partial charge is 0.495 e. The average molecular weight is 321 g/mol. The molecule has 1 unspecified atom stereocenters. The molecule has 130 valence electrons. The average Bonchev–Trinajstić information content (AvgIpc) is 2.57. The van der Waals surface area contributed by atoms with E-state index in [9.17, 15) is 4.79 Å². The number of nitrogens with one attached hydrogen (secondary N) is 1.